The second-order valence-electron chi connectivity index (χ2n) is 7.10. The zero-order valence-electron chi connectivity index (χ0n) is 15.1. The van der Waals surface area contributed by atoms with Gasteiger partial charge in [0.2, 0.25) is 0 Å². The van der Waals surface area contributed by atoms with Crippen LogP contribution in [-0.2, 0) is 11.2 Å². The van der Waals surface area contributed by atoms with Crippen LogP contribution in [0.3, 0.4) is 0 Å². The molecule has 0 aromatic heterocycles. The van der Waals surface area contributed by atoms with Crippen molar-refractivity contribution in [3.05, 3.63) is 95.7 Å². The van der Waals surface area contributed by atoms with Crippen molar-refractivity contribution in [2.45, 2.75) is 25.3 Å². The summed E-state index contributed by atoms with van der Waals surface area (Å²) < 4.78 is 0. The lowest BCUT2D eigenvalue weighted by atomic mass is 9.85. The first-order chi connectivity index (χ1) is 13.2. The topological polar surface area (TPSA) is 49.3 Å². The summed E-state index contributed by atoms with van der Waals surface area (Å²) in [7, 11) is 0. The van der Waals surface area contributed by atoms with Crippen LogP contribution < -0.4 is 5.32 Å². The zero-order valence-corrected chi connectivity index (χ0v) is 15.1. The molecule has 0 bridgehead atoms. The highest BCUT2D eigenvalue weighted by molar-refractivity contribution is 5.76. The Kier molecular flexibility index (Phi) is 4.93. The van der Waals surface area contributed by atoms with Crippen molar-refractivity contribution < 1.29 is 9.90 Å². The minimum absolute atomic E-state index is 0.230. The van der Waals surface area contributed by atoms with Gasteiger partial charge in [0.15, 0.2) is 0 Å². The number of hydrogen-bond donors (Lipinski definition) is 2. The Labute approximate surface area is 159 Å². The first-order valence-corrected chi connectivity index (χ1v) is 9.43. The van der Waals surface area contributed by atoms with Gasteiger partial charge in [-0.05, 0) is 47.1 Å². The normalized spacial score (nSPS) is 18.9. The van der Waals surface area contributed by atoms with Gasteiger partial charge in [0.1, 0.15) is 0 Å². The van der Waals surface area contributed by atoms with Gasteiger partial charge in [-0.25, -0.2) is 0 Å². The number of carboxylic acid groups (broad SMARTS) is 1. The quantitative estimate of drug-likeness (QED) is 0.786. The van der Waals surface area contributed by atoms with E-state index < -0.39 is 11.9 Å². The van der Waals surface area contributed by atoms with Gasteiger partial charge >= 0.3 is 5.97 Å². The van der Waals surface area contributed by atoms with Crippen molar-refractivity contribution in [2.75, 3.05) is 0 Å². The lowest BCUT2D eigenvalue weighted by molar-refractivity contribution is -0.140. The van der Waals surface area contributed by atoms with E-state index in [1.54, 1.807) is 0 Å². The number of allylic oxidation sites excluding steroid dienone is 2. The molecule has 1 aliphatic carbocycles. The van der Waals surface area contributed by atoms with Gasteiger partial charge in [0.05, 0.1) is 12.0 Å². The molecule has 0 radical (unpaired) electrons. The van der Waals surface area contributed by atoms with Crippen molar-refractivity contribution in [3.8, 4) is 11.1 Å². The van der Waals surface area contributed by atoms with E-state index in [1.807, 2.05) is 42.6 Å². The lowest BCUT2D eigenvalue weighted by Gasteiger charge is -2.20. The summed E-state index contributed by atoms with van der Waals surface area (Å²) in [6.45, 7) is 0. The molecule has 2 aliphatic rings. The fourth-order valence-electron chi connectivity index (χ4n) is 3.92. The molecule has 3 nitrogen and oxygen atoms in total. The van der Waals surface area contributed by atoms with Crippen LogP contribution in [0.25, 0.3) is 11.1 Å². The van der Waals surface area contributed by atoms with Gasteiger partial charge in [-0.1, -0.05) is 72.8 Å². The van der Waals surface area contributed by atoms with Gasteiger partial charge in [-0.3, -0.25) is 4.79 Å². The third kappa shape index (κ3) is 3.72. The largest absolute Gasteiger partial charge is 0.481 e. The first-order valence-electron chi connectivity index (χ1n) is 9.43. The summed E-state index contributed by atoms with van der Waals surface area (Å²) in [6.07, 6.45) is 10.3. The molecule has 27 heavy (non-hydrogen) atoms. The van der Waals surface area contributed by atoms with Crippen molar-refractivity contribution >= 4 is 5.97 Å². The molecule has 1 aliphatic heterocycles. The summed E-state index contributed by atoms with van der Waals surface area (Å²) in [6, 6.07) is 18.9. The molecule has 0 amide bonds. The minimum atomic E-state index is -0.752. The molecule has 0 saturated carbocycles. The smallest absolute Gasteiger partial charge is 0.311 e. The average Bonchev–Trinajstić information content (AvgIpc) is 3.13. The van der Waals surface area contributed by atoms with E-state index in [-0.39, 0.29) is 6.04 Å². The van der Waals surface area contributed by atoms with E-state index >= 15 is 0 Å². The third-order valence-corrected chi connectivity index (χ3v) is 5.36. The summed E-state index contributed by atoms with van der Waals surface area (Å²) in [5, 5.41) is 13.1. The van der Waals surface area contributed by atoms with Crippen molar-refractivity contribution in [1.82, 2.24) is 5.32 Å². The number of aliphatic carboxylic acids is 1. The molecular weight excluding hydrogens is 334 g/mol. The van der Waals surface area contributed by atoms with Gasteiger partial charge in [-0.2, -0.15) is 0 Å². The van der Waals surface area contributed by atoms with E-state index in [1.165, 1.54) is 16.7 Å². The highest BCUT2D eigenvalue weighted by atomic mass is 16.4. The van der Waals surface area contributed by atoms with Crippen LogP contribution in [0, 0.1) is 5.92 Å². The minimum Gasteiger partial charge on any atom is -0.481 e. The van der Waals surface area contributed by atoms with Crippen LogP contribution in [-0.4, -0.2) is 17.1 Å². The van der Waals surface area contributed by atoms with E-state index in [0.717, 1.165) is 24.0 Å². The Bertz CT molecular complexity index is 924. The number of carbonyl (C=O) groups is 1. The van der Waals surface area contributed by atoms with Gasteiger partial charge in [-0.15, -0.1) is 0 Å². The highest BCUT2D eigenvalue weighted by Crippen LogP contribution is 2.33. The summed E-state index contributed by atoms with van der Waals surface area (Å²) in [5.74, 6) is -1.24. The van der Waals surface area contributed by atoms with Crippen molar-refractivity contribution in [3.63, 3.8) is 0 Å². The lowest BCUT2D eigenvalue weighted by Crippen LogP contribution is -2.23. The number of fused-ring (bicyclic) bond motifs is 1. The van der Waals surface area contributed by atoms with Crippen LogP contribution in [0.2, 0.25) is 0 Å². The molecular formula is C24H23NO2. The number of carboxylic acids is 1. The monoisotopic (exact) mass is 357 g/mol. The van der Waals surface area contributed by atoms with Crippen molar-refractivity contribution in [2.24, 2.45) is 5.92 Å². The second kappa shape index (κ2) is 7.67. The highest BCUT2D eigenvalue weighted by Gasteiger charge is 2.32. The fraction of sp³-hybridized carbons (Fsp3) is 0.208. The molecule has 2 atom stereocenters. The number of hydrogen-bond acceptors (Lipinski definition) is 2. The molecule has 0 saturated heterocycles. The molecule has 2 aromatic carbocycles. The van der Waals surface area contributed by atoms with Crippen LogP contribution in [0.15, 0.2) is 90.2 Å². The Morgan fingerprint density at radius 3 is 2.74 bits per heavy atom. The first kappa shape index (κ1) is 17.3. The van der Waals surface area contributed by atoms with Gasteiger partial charge in [0, 0.05) is 6.20 Å². The average molecular weight is 357 g/mol. The molecule has 4 rings (SSSR count). The standard InChI is InChI=1S/C24H23NO2/c26-24(27)21(22-16-25-23-12-5-4-11-20(22)23)14-13-17-7-6-10-19(15-17)18-8-2-1-3-9-18/h1-11,15-16,21,23,25H,12-14H2,(H,26,27). The number of aryl methyl sites for hydroxylation is 1. The predicted octanol–water partition coefficient (Wildman–Crippen LogP) is 4.73. The molecule has 2 N–H and O–H groups in total. The Morgan fingerprint density at radius 1 is 1.11 bits per heavy atom. The van der Waals surface area contributed by atoms with Crippen molar-refractivity contribution in [1.29, 1.82) is 0 Å². The predicted molar refractivity (Wildman–Crippen MR) is 108 cm³/mol. The van der Waals surface area contributed by atoms with E-state index in [9.17, 15) is 9.90 Å². The summed E-state index contributed by atoms with van der Waals surface area (Å²) in [5.41, 5.74) is 5.57. The number of benzene rings is 2. The summed E-state index contributed by atoms with van der Waals surface area (Å²) in [4.78, 5) is 12.0. The molecule has 3 heteroatoms. The maximum atomic E-state index is 12.0. The Morgan fingerprint density at radius 2 is 1.93 bits per heavy atom. The molecule has 1 heterocycles. The molecule has 0 fully saturated rings. The molecule has 2 aromatic rings. The molecule has 136 valence electrons. The number of rotatable bonds is 6. The Hall–Kier alpha value is -3.07. The summed E-state index contributed by atoms with van der Waals surface area (Å²) >= 11 is 0. The van der Waals surface area contributed by atoms with Crippen LogP contribution in [0.4, 0.5) is 0 Å². The number of nitrogens with one attached hydrogen (secondary N) is 1. The SMILES string of the molecule is O=C(O)C(CCc1cccc(-c2ccccc2)c1)C1=CNC2CC=CC=C12. The van der Waals surface area contributed by atoms with E-state index in [2.05, 4.69) is 41.7 Å². The van der Waals surface area contributed by atoms with E-state index in [0.29, 0.717) is 6.42 Å². The zero-order chi connectivity index (χ0) is 18.6. The van der Waals surface area contributed by atoms with Crippen LogP contribution >= 0.6 is 0 Å². The second-order valence-corrected chi connectivity index (χ2v) is 7.10. The maximum Gasteiger partial charge on any atom is 0.311 e. The van der Waals surface area contributed by atoms with Crippen LogP contribution in [0.1, 0.15) is 18.4 Å². The van der Waals surface area contributed by atoms with Crippen LogP contribution in [0.5, 0.6) is 0 Å². The van der Waals surface area contributed by atoms with E-state index in [4.69, 9.17) is 0 Å². The fourth-order valence-corrected chi connectivity index (χ4v) is 3.92. The molecule has 2 unspecified atom stereocenters. The molecule has 0 spiro atoms. The van der Waals surface area contributed by atoms with Gasteiger partial charge < -0.3 is 10.4 Å². The maximum absolute atomic E-state index is 12.0. The van der Waals surface area contributed by atoms with Gasteiger partial charge in [0.25, 0.3) is 0 Å². The third-order valence-electron chi connectivity index (χ3n) is 5.36. The Balaban J connectivity index is 1.51.